The number of benzene rings is 1. The molecule has 0 aromatic heterocycles. The summed E-state index contributed by atoms with van der Waals surface area (Å²) in [5, 5.41) is 0. The summed E-state index contributed by atoms with van der Waals surface area (Å²) in [6, 6.07) is 1.72. The highest BCUT2D eigenvalue weighted by Gasteiger charge is 2.29. The van der Waals surface area contributed by atoms with Crippen LogP contribution in [0.3, 0.4) is 0 Å². The standard InChI is InChI=1S/C12H15BrF2N2O/c1-17-4-5-18-9(6-17)12(16)10-8(14)3-2-7(13)11(10)15/h2-3,9,12H,4-6,16H2,1H3. The van der Waals surface area contributed by atoms with Crippen molar-refractivity contribution in [1.29, 1.82) is 0 Å². The van der Waals surface area contributed by atoms with E-state index in [-0.39, 0.29) is 10.0 Å². The highest BCUT2D eigenvalue weighted by molar-refractivity contribution is 9.10. The van der Waals surface area contributed by atoms with E-state index in [1.165, 1.54) is 12.1 Å². The second kappa shape index (κ2) is 5.61. The number of halogens is 3. The van der Waals surface area contributed by atoms with Crippen molar-refractivity contribution in [3.63, 3.8) is 0 Å². The Bertz CT molecular complexity index is 444. The highest BCUT2D eigenvalue weighted by atomic mass is 79.9. The topological polar surface area (TPSA) is 38.5 Å². The molecule has 2 N–H and O–H groups in total. The van der Waals surface area contributed by atoms with Gasteiger partial charge in [-0.05, 0) is 35.1 Å². The van der Waals surface area contributed by atoms with E-state index in [1.54, 1.807) is 0 Å². The number of ether oxygens (including phenoxy) is 1. The molecule has 2 unspecified atom stereocenters. The van der Waals surface area contributed by atoms with E-state index in [4.69, 9.17) is 10.5 Å². The number of nitrogens with two attached hydrogens (primary N) is 1. The number of hydrogen-bond acceptors (Lipinski definition) is 3. The van der Waals surface area contributed by atoms with E-state index in [9.17, 15) is 8.78 Å². The van der Waals surface area contributed by atoms with Gasteiger partial charge in [0.1, 0.15) is 11.6 Å². The number of hydrogen-bond donors (Lipinski definition) is 1. The lowest BCUT2D eigenvalue weighted by Gasteiger charge is -2.33. The third-order valence-electron chi connectivity index (χ3n) is 3.11. The van der Waals surface area contributed by atoms with Crippen LogP contribution in [0.15, 0.2) is 16.6 Å². The SMILES string of the molecule is CN1CCOC(C(N)c2c(F)ccc(Br)c2F)C1. The normalized spacial score (nSPS) is 23.1. The second-order valence-electron chi connectivity index (χ2n) is 4.45. The first-order valence-electron chi connectivity index (χ1n) is 5.70. The zero-order chi connectivity index (χ0) is 13.3. The Labute approximate surface area is 113 Å². The molecule has 1 aliphatic rings. The summed E-state index contributed by atoms with van der Waals surface area (Å²) in [6.45, 7) is 1.88. The van der Waals surface area contributed by atoms with Crippen LogP contribution in [0.4, 0.5) is 8.78 Å². The van der Waals surface area contributed by atoms with Crippen LogP contribution in [0.1, 0.15) is 11.6 Å². The summed E-state index contributed by atoms with van der Waals surface area (Å²) in [6.07, 6.45) is -0.401. The van der Waals surface area contributed by atoms with Gasteiger partial charge in [0.2, 0.25) is 0 Å². The molecular formula is C12H15BrF2N2O. The molecule has 6 heteroatoms. The maximum absolute atomic E-state index is 13.9. The quantitative estimate of drug-likeness (QED) is 0.848. The number of nitrogens with zero attached hydrogens (tertiary/aromatic N) is 1. The zero-order valence-corrected chi connectivity index (χ0v) is 11.6. The first-order chi connectivity index (χ1) is 8.50. The van der Waals surface area contributed by atoms with E-state index in [2.05, 4.69) is 15.9 Å². The maximum atomic E-state index is 13.9. The fourth-order valence-corrected chi connectivity index (χ4v) is 2.41. The predicted octanol–water partition coefficient (Wildman–Crippen LogP) is 2.06. The number of rotatable bonds is 2. The van der Waals surface area contributed by atoms with Crippen molar-refractivity contribution in [3.8, 4) is 0 Å². The molecular weight excluding hydrogens is 306 g/mol. The lowest BCUT2D eigenvalue weighted by Crippen LogP contribution is -2.45. The molecule has 0 bridgehead atoms. The monoisotopic (exact) mass is 320 g/mol. The Morgan fingerprint density at radius 2 is 2.22 bits per heavy atom. The molecule has 0 aliphatic carbocycles. The van der Waals surface area contributed by atoms with Crippen LogP contribution in [0, 0.1) is 11.6 Å². The maximum Gasteiger partial charge on any atom is 0.145 e. The van der Waals surface area contributed by atoms with Crippen molar-refractivity contribution in [2.75, 3.05) is 26.7 Å². The molecule has 100 valence electrons. The van der Waals surface area contributed by atoms with Crippen LogP contribution in [-0.2, 0) is 4.74 Å². The molecule has 1 saturated heterocycles. The number of morpholine rings is 1. The van der Waals surface area contributed by atoms with Crippen molar-refractivity contribution in [2.24, 2.45) is 5.73 Å². The molecule has 2 atom stereocenters. The first kappa shape index (κ1) is 13.9. The van der Waals surface area contributed by atoms with E-state index in [0.717, 1.165) is 6.54 Å². The average molecular weight is 321 g/mol. The third-order valence-corrected chi connectivity index (χ3v) is 3.72. The van der Waals surface area contributed by atoms with Gasteiger partial charge in [0, 0.05) is 18.7 Å². The molecule has 18 heavy (non-hydrogen) atoms. The molecule has 2 rings (SSSR count). The summed E-state index contributed by atoms with van der Waals surface area (Å²) in [5.74, 6) is -1.29. The predicted molar refractivity (Wildman–Crippen MR) is 68.2 cm³/mol. The molecule has 1 fully saturated rings. The second-order valence-corrected chi connectivity index (χ2v) is 5.31. The van der Waals surface area contributed by atoms with Crippen LogP contribution in [0.5, 0.6) is 0 Å². The van der Waals surface area contributed by atoms with Gasteiger partial charge in [-0.3, -0.25) is 0 Å². The lowest BCUT2D eigenvalue weighted by atomic mass is 10.00. The molecule has 3 nitrogen and oxygen atoms in total. The molecule has 1 aliphatic heterocycles. The van der Waals surface area contributed by atoms with Crippen LogP contribution in [0.2, 0.25) is 0 Å². The van der Waals surface area contributed by atoms with Gasteiger partial charge in [0.25, 0.3) is 0 Å². The van der Waals surface area contributed by atoms with E-state index >= 15 is 0 Å². The van der Waals surface area contributed by atoms with Gasteiger partial charge in [-0.25, -0.2) is 8.78 Å². The van der Waals surface area contributed by atoms with Crippen LogP contribution >= 0.6 is 15.9 Å². The van der Waals surface area contributed by atoms with E-state index in [0.29, 0.717) is 13.2 Å². The Morgan fingerprint density at radius 3 is 2.89 bits per heavy atom. The van der Waals surface area contributed by atoms with Gasteiger partial charge in [-0.1, -0.05) is 0 Å². The minimum atomic E-state index is -0.815. The van der Waals surface area contributed by atoms with Gasteiger partial charge >= 0.3 is 0 Å². The van der Waals surface area contributed by atoms with Gasteiger partial charge in [0.05, 0.1) is 23.2 Å². The van der Waals surface area contributed by atoms with Crippen molar-refractivity contribution in [3.05, 3.63) is 33.8 Å². The Hall–Kier alpha value is -0.560. The van der Waals surface area contributed by atoms with Crippen molar-refractivity contribution in [2.45, 2.75) is 12.1 Å². The molecule has 1 heterocycles. The smallest absolute Gasteiger partial charge is 0.145 e. The van der Waals surface area contributed by atoms with Gasteiger partial charge in [0.15, 0.2) is 0 Å². The van der Waals surface area contributed by atoms with Crippen molar-refractivity contribution < 1.29 is 13.5 Å². The minimum Gasteiger partial charge on any atom is -0.374 e. The minimum absolute atomic E-state index is 0.121. The van der Waals surface area contributed by atoms with Gasteiger partial charge in [-0.2, -0.15) is 0 Å². The molecule has 0 amide bonds. The molecule has 0 saturated carbocycles. The lowest BCUT2D eigenvalue weighted by molar-refractivity contribution is -0.0336. The van der Waals surface area contributed by atoms with Gasteiger partial charge < -0.3 is 15.4 Å². The van der Waals surface area contributed by atoms with E-state index < -0.39 is 23.8 Å². The highest BCUT2D eigenvalue weighted by Crippen LogP contribution is 2.29. The summed E-state index contributed by atoms with van der Waals surface area (Å²) in [5.41, 5.74) is 5.83. The molecule has 1 aromatic rings. The van der Waals surface area contributed by atoms with Crippen LogP contribution in [0.25, 0.3) is 0 Å². The zero-order valence-electron chi connectivity index (χ0n) is 10.00. The van der Waals surface area contributed by atoms with Crippen LogP contribution in [-0.4, -0.2) is 37.7 Å². The molecule has 0 radical (unpaired) electrons. The van der Waals surface area contributed by atoms with Crippen molar-refractivity contribution in [1.82, 2.24) is 4.90 Å². The van der Waals surface area contributed by atoms with Crippen LogP contribution < -0.4 is 5.73 Å². The molecule has 0 spiro atoms. The summed E-state index contributed by atoms with van der Waals surface area (Å²) >= 11 is 3.04. The Kier molecular flexibility index (Phi) is 4.32. The fraction of sp³-hybridized carbons (Fsp3) is 0.500. The third kappa shape index (κ3) is 2.71. The first-order valence-corrected chi connectivity index (χ1v) is 6.49. The Morgan fingerprint density at radius 1 is 1.50 bits per heavy atom. The van der Waals surface area contributed by atoms with Crippen molar-refractivity contribution >= 4 is 15.9 Å². The summed E-state index contributed by atoms with van der Waals surface area (Å²) in [7, 11) is 1.93. The Balaban J connectivity index is 2.28. The number of likely N-dealkylation sites (N-methyl/N-ethyl adjacent to an activating group) is 1. The fourth-order valence-electron chi connectivity index (χ4n) is 2.06. The average Bonchev–Trinajstić information content (AvgIpc) is 2.34. The largest absolute Gasteiger partial charge is 0.374 e. The summed E-state index contributed by atoms with van der Waals surface area (Å²) < 4.78 is 33.4. The summed E-state index contributed by atoms with van der Waals surface area (Å²) in [4.78, 5) is 2.03. The van der Waals surface area contributed by atoms with E-state index in [1.807, 2.05) is 11.9 Å². The van der Waals surface area contributed by atoms with Gasteiger partial charge in [-0.15, -0.1) is 0 Å². The molecule has 1 aromatic carbocycles.